The van der Waals surface area contributed by atoms with Crippen LogP contribution in [0.2, 0.25) is 0 Å². The second-order valence-corrected chi connectivity index (χ2v) is 7.66. The van der Waals surface area contributed by atoms with E-state index in [0.717, 1.165) is 22.1 Å². The van der Waals surface area contributed by atoms with Gasteiger partial charge in [0.1, 0.15) is 11.4 Å². The average molecular weight is 394 g/mol. The molecule has 1 N–H and O–H groups in total. The highest BCUT2D eigenvalue weighted by Gasteiger charge is 2.42. The molecule has 0 unspecified atom stereocenters. The summed E-state index contributed by atoms with van der Waals surface area (Å²) >= 11 is 0. The number of benzene rings is 4. The summed E-state index contributed by atoms with van der Waals surface area (Å²) in [5, 5.41) is 14.2. The zero-order valence-corrected chi connectivity index (χ0v) is 16.8. The molecular weight excluding hydrogens is 372 g/mol. The van der Waals surface area contributed by atoms with Gasteiger partial charge in [0.05, 0.1) is 6.61 Å². The lowest BCUT2D eigenvalue weighted by Crippen LogP contribution is -2.37. The third kappa shape index (κ3) is 2.74. The van der Waals surface area contributed by atoms with Crippen molar-refractivity contribution in [2.24, 2.45) is 0 Å². The monoisotopic (exact) mass is 394 g/mol. The van der Waals surface area contributed by atoms with Crippen molar-refractivity contribution in [3.63, 3.8) is 0 Å². The number of hydrogen-bond donors (Lipinski definition) is 1. The summed E-state index contributed by atoms with van der Waals surface area (Å²) in [6.45, 7) is 2.56. The molecule has 3 heteroatoms. The van der Waals surface area contributed by atoms with Crippen LogP contribution < -0.4 is 4.74 Å². The molecule has 4 aromatic rings. The Morgan fingerprint density at radius 1 is 0.767 bits per heavy atom. The summed E-state index contributed by atoms with van der Waals surface area (Å²) in [6.07, 6.45) is 0.362. The molecule has 4 aromatic carbocycles. The third-order valence-corrected chi connectivity index (χ3v) is 5.96. The molecular formula is C27H22O3. The fourth-order valence-electron chi connectivity index (χ4n) is 4.61. The van der Waals surface area contributed by atoms with E-state index in [0.29, 0.717) is 35.3 Å². The van der Waals surface area contributed by atoms with Crippen LogP contribution >= 0.6 is 0 Å². The van der Waals surface area contributed by atoms with E-state index in [9.17, 15) is 9.90 Å². The highest BCUT2D eigenvalue weighted by Crippen LogP contribution is 2.43. The number of rotatable bonds is 4. The van der Waals surface area contributed by atoms with Gasteiger partial charge in [-0.1, -0.05) is 78.9 Å². The molecule has 30 heavy (non-hydrogen) atoms. The van der Waals surface area contributed by atoms with Gasteiger partial charge in [-0.05, 0) is 35.1 Å². The van der Waals surface area contributed by atoms with Crippen molar-refractivity contribution in [3.05, 3.63) is 113 Å². The van der Waals surface area contributed by atoms with Crippen LogP contribution in [0.3, 0.4) is 0 Å². The Labute approximate surface area is 175 Å². The number of hydrogen-bond acceptors (Lipinski definition) is 3. The van der Waals surface area contributed by atoms with Crippen LogP contribution in [0, 0.1) is 0 Å². The first kappa shape index (κ1) is 18.6. The Morgan fingerprint density at radius 2 is 1.33 bits per heavy atom. The van der Waals surface area contributed by atoms with E-state index in [1.807, 2.05) is 73.7 Å². The minimum Gasteiger partial charge on any atom is -0.493 e. The van der Waals surface area contributed by atoms with Crippen LogP contribution in [0.15, 0.2) is 84.9 Å². The molecule has 0 heterocycles. The van der Waals surface area contributed by atoms with Crippen molar-refractivity contribution in [1.29, 1.82) is 0 Å². The van der Waals surface area contributed by atoms with Crippen molar-refractivity contribution in [1.82, 2.24) is 0 Å². The number of ether oxygens (including phenoxy) is 1. The summed E-state index contributed by atoms with van der Waals surface area (Å²) in [5.74, 6) is 0.797. The van der Waals surface area contributed by atoms with Crippen LogP contribution in [0.4, 0.5) is 0 Å². The van der Waals surface area contributed by atoms with E-state index < -0.39 is 5.60 Å². The number of ketones is 1. The van der Waals surface area contributed by atoms with Crippen LogP contribution in [-0.4, -0.2) is 17.5 Å². The molecule has 1 aliphatic rings. The largest absolute Gasteiger partial charge is 0.493 e. The van der Waals surface area contributed by atoms with E-state index in [1.54, 1.807) is 12.1 Å². The van der Waals surface area contributed by atoms with Crippen LogP contribution in [-0.2, 0) is 12.0 Å². The second kappa shape index (κ2) is 7.12. The topological polar surface area (TPSA) is 46.5 Å². The third-order valence-electron chi connectivity index (χ3n) is 5.96. The SMILES string of the molecule is CCOc1ccc(CC2(O)c3ccccc3C(=O)c3ccccc32)c2ccccc12. The second-order valence-electron chi connectivity index (χ2n) is 7.66. The Kier molecular flexibility index (Phi) is 4.41. The van der Waals surface area contributed by atoms with Gasteiger partial charge in [0.25, 0.3) is 0 Å². The average Bonchev–Trinajstić information content (AvgIpc) is 2.80. The lowest BCUT2D eigenvalue weighted by molar-refractivity contribution is 0.0723. The minimum atomic E-state index is -1.29. The first-order valence-corrected chi connectivity index (χ1v) is 10.2. The Balaban J connectivity index is 1.72. The molecule has 1 aliphatic carbocycles. The van der Waals surface area contributed by atoms with Crippen LogP contribution in [0.5, 0.6) is 5.75 Å². The standard InChI is InChI=1S/C27H22O3/c1-2-30-25-16-15-18(19-9-3-4-10-20(19)25)17-27(29)23-13-7-5-11-21(23)26(28)22-12-6-8-14-24(22)27/h3-16,29H,2,17H2,1H3. The summed E-state index contributed by atoms with van der Waals surface area (Å²) in [7, 11) is 0. The smallest absolute Gasteiger partial charge is 0.193 e. The van der Waals surface area contributed by atoms with Crippen molar-refractivity contribution in [3.8, 4) is 5.75 Å². The molecule has 0 spiro atoms. The van der Waals surface area contributed by atoms with Crippen molar-refractivity contribution < 1.29 is 14.6 Å². The van der Waals surface area contributed by atoms with Gasteiger partial charge in [-0.3, -0.25) is 4.79 Å². The maximum absolute atomic E-state index is 13.0. The first-order chi connectivity index (χ1) is 14.6. The maximum atomic E-state index is 13.0. The Bertz CT molecular complexity index is 1220. The van der Waals surface area contributed by atoms with Crippen molar-refractivity contribution in [2.45, 2.75) is 18.9 Å². The van der Waals surface area contributed by atoms with E-state index in [-0.39, 0.29) is 5.78 Å². The van der Waals surface area contributed by atoms with E-state index >= 15 is 0 Å². The van der Waals surface area contributed by atoms with Gasteiger partial charge in [-0.2, -0.15) is 0 Å². The van der Waals surface area contributed by atoms with Gasteiger partial charge in [0, 0.05) is 22.9 Å². The van der Waals surface area contributed by atoms with Crippen LogP contribution in [0.1, 0.15) is 39.5 Å². The van der Waals surface area contributed by atoms with Gasteiger partial charge < -0.3 is 9.84 Å². The highest BCUT2D eigenvalue weighted by atomic mass is 16.5. The van der Waals surface area contributed by atoms with Gasteiger partial charge in [-0.25, -0.2) is 0 Å². The molecule has 148 valence electrons. The quantitative estimate of drug-likeness (QED) is 0.513. The molecule has 0 amide bonds. The number of fused-ring (bicyclic) bond motifs is 3. The Hall–Kier alpha value is -3.43. The summed E-state index contributed by atoms with van der Waals surface area (Å²) in [4.78, 5) is 13.0. The van der Waals surface area contributed by atoms with E-state index in [2.05, 4.69) is 6.07 Å². The first-order valence-electron chi connectivity index (χ1n) is 10.2. The normalized spacial score (nSPS) is 14.3. The van der Waals surface area contributed by atoms with Crippen molar-refractivity contribution >= 4 is 16.6 Å². The molecule has 0 saturated carbocycles. The molecule has 0 atom stereocenters. The van der Waals surface area contributed by atoms with E-state index in [4.69, 9.17) is 4.74 Å². The zero-order chi connectivity index (χ0) is 20.7. The predicted octanol–water partition coefficient (Wildman–Crippen LogP) is 5.26. The molecule has 0 bridgehead atoms. The minimum absolute atomic E-state index is 0.0394. The maximum Gasteiger partial charge on any atom is 0.193 e. The molecule has 5 rings (SSSR count). The highest BCUT2D eigenvalue weighted by molar-refractivity contribution is 6.13. The van der Waals surface area contributed by atoms with Gasteiger partial charge in [-0.15, -0.1) is 0 Å². The zero-order valence-electron chi connectivity index (χ0n) is 16.8. The van der Waals surface area contributed by atoms with Gasteiger partial charge >= 0.3 is 0 Å². The summed E-state index contributed by atoms with van der Waals surface area (Å²) in [6, 6.07) is 26.8. The number of carbonyl (C=O) groups is 1. The van der Waals surface area contributed by atoms with Gasteiger partial charge in [0.15, 0.2) is 5.78 Å². The molecule has 0 fully saturated rings. The predicted molar refractivity (Wildman–Crippen MR) is 118 cm³/mol. The molecule has 0 radical (unpaired) electrons. The van der Waals surface area contributed by atoms with E-state index in [1.165, 1.54) is 0 Å². The molecule has 0 saturated heterocycles. The Morgan fingerprint density at radius 3 is 1.97 bits per heavy atom. The number of carbonyl (C=O) groups excluding carboxylic acids is 1. The number of aliphatic hydroxyl groups is 1. The van der Waals surface area contributed by atoms with Gasteiger partial charge in [0.2, 0.25) is 0 Å². The molecule has 0 aliphatic heterocycles. The fourth-order valence-corrected chi connectivity index (χ4v) is 4.61. The van der Waals surface area contributed by atoms with Crippen LogP contribution in [0.25, 0.3) is 10.8 Å². The summed E-state index contributed by atoms with van der Waals surface area (Å²) < 4.78 is 5.81. The van der Waals surface area contributed by atoms with Crippen molar-refractivity contribution in [2.75, 3.05) is 6.61 Å². The lowest BCUT2D eigenvalue weighted by atomic mass is 9.71. The summed E-state index contributed by atoms with van der Waals surface area (Å²) in [5.41, 5.74) is 2.16. The lowest BCUT2D eigenvalue weighted by Gasteiger charge is -2.36. The molecule has 0 aromatic heterocycles. The fraction of sp³-hybridized carbons (Fsp3) is 0.148. The molecule has 3 nitrogen and oxygen atoms in total.